The number of benzene rings is 1. The second-order valence-corrected chi connectivity index (χ2v) is 4.78. The van der Waals surface area contributed by atoms with E-state index < -0.39 is 5.97 Å². The Morgan fingerprint density at radius 3 is 2.95 bits per heavy atom. The number of halogens is 1. The van der Waals surface area contributed by atoms with E-state index in [1.54, 1.807) is 38.3 Å². The Morgan fingerprint density at radius 2 is 2.29 bits per heavy atom. The van der Waals surface area contributed by atoms with Crippen LogP contribution in [0.15, 0.2) is 34.2 Å². The number of esters is 1. The van der Waals surface area contributed by atoms with Gasteiger partial charge in [-0.15, -0.1) is 6.58 Å². The van der Waals surface area contributed by atoms with Crippen molar-refractivity contribution in [1.82, 2.24) is 0 Å². The number of furan rings is 1. The number of carbonyl (C=O) groups excluding carboxylic acids is 1. The van der Waals surface area contributed by atoms with E-state index in [9.17, 15) is 4.79 Å². The summed E-state index contributed by atoms with van der Waals surface area (Å²) in [6.07, 6.45) is 3.38. The van der Waals surface area contributed by atoms with Crippen LogP contribution in [0.5, 0.6) is 0 Å². The molecule has 21 heavy (non-hydrogen) atoms. The minimum absolute atomic E-state index is 0.189. The van der Waals surface area contributed by atoms with E-state index in [1.807, 2.05) is 0 Å². The molecule has 2 aromatic rings. The van der Waals surface area contributed by atoms with Crippen molar-refractivity contribution in [2.45, 2.75) is 13.8 Å². The number of aryl methyl sites for hydroxylation is 1. The molecule has 0 saturated heterocycles. The highest BCUT2D eigenvalue weighted by Crippen LogP contribution is 2.33. The first kappa shape index (κ1) is 15.3. The summed E-state index contributed by atoms with van der Waals surface area (Å²) in [5, 5.41) is 1.22. The lowest BCUT2D eigenvalue weighted by Crippen LogP contribution is -2.04. The fraction of sp³-hybridized carbons (Fsp3) is 0.250. The lowest BCUT2D eigenvalue weighted by molar-refractivity contribution is 0.0491. The van der Waals surface area contributed by atoms with E-state index in [-0.39, 0.29) is 5.76 Å². The van der Waals surface area contributed by atoms with Gasteiger partial charge in [-0.25, -0.2) is 4.79 Å². The van der Waals surface area contributed by atoms with Crippen LogP contribution in [-0.2, 0) is 4.74 Å². The molecule has 1 aromatic carbocycles. The van der Waals surface area contributed by atoms with Crippen LogP contribution in [0.3, 0.4) is 0 Å². The minimum Gasteiger partial charge on any atom is -0.460 e. The predicted molar refractivity (Wildman–Crippen MR) is 84.6 cm³/mol. The molecule has 0 N–H and O–H groups in total. The summed E-state index contributed by atoms with van der Waals surface area (Å²) in [5.41, 5.74) is 2.00. The summed E-state index contributed by atoms with van der Waals surface area (Å²) in [5.74, 6) is -0.293. The first-order valence-electron chi connectivity index (χ1n) is 6.59. The maximum absolute atomic E-state index is 11.8. The molecule has 2 rings (SSSR count). The molecule has 0 spiro atoms. The largest absolute Gasteiger partial charge is 0.460 e. The Morgan fingerprint density at radius 1 is 1.52 bits per heavy atom. The Bertz CT molecular complexity index is 716. The fourth-order valence-electron chi connectivity index (χ4n) is 2.03. The van der Waals surface area contributed by atoms with Crippen molar-refractivity contribution < 1.29 is 13.9 Å². The van der Waals surface area contributed by atoms with E-state index in [2.05, 4.69) is 11.6 Å². The number of hydrogen-bond donors (Lipinski definition) is 0. The van der Waals surface area contributed by atoms with Crippen molar-refractivity contribution in [2.24, 2.45) is 4.99 Å². The highest BCUT2D eigenvalue weighted by molar-refractivity contribution is 6.38. The zero-order chi connectivity index (χ0) is 15.4. The van der Waals surface area contributed by atoms with Gasteiger partial charge in [0.25, 0.3) is 0 Å². The second-order valence-electron chi connectivity index (χ2n) is 4.40. The fourth-order valence-corrected chi connectivity index (χ4v) is 2.37. The standard InChI is InChI=1S/C16H16ClNO3/c1-4-8-18-9-11-6-7-12-13(14(11)17)10(3)15(21-12)16(19)20-5-2/h4,6-7,9H,1,5,8H2,2-3H3. The number of ether oxygens (including phenoxy) is 1. The molecule has 0 unspecified atom stereocenters. The van der Waals surface area contributed by atoms with Gasteiger partial charge >= 0.3 is 5.97 Å². The monoisotopic (exact) mass is 305 g/mol. The van der Waals surface area contributed by atoms with Gasteiger partial charge in [-0.05, 0) is 26.0 Å². The van der Waals surface area contributed by atoms with Crippen LogP contribution in [0.25, 0.3) is 11.0 Å². The Labute approximate surface area is 128 Å². The molecule has 0 bridgehead atoms. The van der Waals surface area contributed by atoms with Crippen LogP contribution >= 0.6 is 11.6 Å². The smallest absolute Gasteiger partial charge is 0.374 e. The van der Waals surface area contributed by atoms with Gasteiger partial charge in [-0.3, -0.25) is 4.99 Å². The third-order valence-corrected chi connectivity index (χ3v) is 3.39. The Kier molecular flexibility index (Phi) is 4.81. The third kappa shape index (κ3) is 3.00. The molecular formula is C16H16ClNO3. The van der Waals surface area contributed by atoms with Crippen molar-refractivity contribution in [2.75, 3.05) is 13.2 Å². The summed E-state index contributed by atoms with van der Waals surface area (Å²) in [6.45, 7) is 7.95. The highest BCUT2D eigenvalue weighted by Gasteiger charge is 2.21. The van der Waals surface area contributed by atoms with Gasteiger partial charge in [-0.1, -0.05) is 17.7 Å². The van der Waals surface area contributed by atoms with Gasteiger partial charge in [-0.2, -0.15) is 0 Å². The summed E-state index contributed by atoms with van der Waals surface area (Å²) in [6, 6.07) is 3.57. The number of fused-ring (bicyclic) bond motifs is 1. The summed E-state index contributed by atoms with van der Waals surface area (Å²) >= 11 is 6.39. The molecule has 4 nitrogen and oxygen atoms in total. The molecular weight excluding hydrogens is 290 g/mol. The van der Waals surface area contributed by atoms with Crippen LogP contribution in [0, 0.1) is 6.92 Å². The van der Waals surface area contributed by atoms with Gasteiger partial charge in [0.1, 0.15) is 5.58 Å². The van der Waals surface area contributed by atoms with Gasteiger partial charge < -0.3 is 9.15 Å². The average molecular weight is 306 g/mol. The molecule has 0 saturated carbocycles. The highest BCUT2D eigenvalue weighted by atomic mass is 35.5. The van der Waals surface area contributed by atoms with E-state index >= 15 is 0 Å². The van der Waals surface area contributed by atoms with Gasteiger partial charge in [0.05, 0.1) is 18.2 Å². The van der Waals surface area contributed by atoms with Gasteiger partial charge in [0.2, 0.25) is 5.76 Å². The van der Waals surface area contributed by atoms with Crippen molar-refractivity contribution in [3.63, 3.8) is 0 Å². The number of rotatable bonds is 5. The van der Waals surface area contributed by atoms with E-state index in [0.717, 1.165) is 5.56 Å². The molecule has 0 amide bonds. The van der Waals surface area contributed by atoms with Crippen LogP contribution in [-0.4, -0.2) is 25.3 Å². The summed E-state index contributed by atoms with van der Waals surface area (Å²) < 4.78 is 10.5. The normalized spacial score (nSPS) is 11.2. The Hall–Kier alpha value is -2.07. The van der Waals surface area contributed by atoms with Gasteiger partial charge in [0, 0.05) is 22.7 Å². The molecule has 1 heterocycles. The molecule has 110 valence electrons. The molecule has 0 radical (unpaired) electrons. The SMILES string of the molecule is C=CCN=Cc1ccc2oc(C(=O)OCC)c(C)c2c1Cl. The van der Waals surface area contributed by atoms with Gasteiger partial charge in [0.15, 0.2) is 0 Å². The Balaban J connectivity index is 2.52. The molecule has 5 heteroatoms. The number of carbonyl (C=O) groups is 1. The first-order valence-corrected chi connectivity index (χ1v) is 6.97. The van der Waals surface area contributed by atoms with E-state index in [0.29, 0.717) is 34.7 Å². The summed E-state index contributed by atoms with van der Waals surface area (Å²) in [4.78, 5) is 16.0. The van der Waals surface area contributed by atoms with Crippen LogP contribution in [0.2, 0.25) is 5.02 Å². The molecule has 1 aromatic heterocycles. The van der Waals surface area contributed by atoms with Crippen LogP contribution in [0.1, 0.15) is 28.6 Å². The van der Waals surface area contributed by atoms with E-state index in [4.69, 9.17) is 20.8 Å². The molecule has 0 aliphatic heterocycles. The van der Waals surface area contributed by atoms with Crippen LogP contribution < -0.4 is 0 Å². The molecule has 0 aliphatic carbocycles. The topological polar surface area (TPSA) is 51.8 Å². The zero-order valence-corrected chi connectivity index (χ0v) is 12.7. The second kappa shape index (κ2) is 6.59. The molecule has 0 aliphatic rings. The average Bonchev–Trinajstić information content (AvgIpc) is 2.80. The lowest BCUT2D eigenvalue weighted by atomic mass is 10.1. The maximum Gasteiger partial charge on any atom is 0.374 e. The number of nitrogens with zero attached hydrogens (tertiary/aromatic N) is 1. The predicted octanol–water partition coefficient (Wildman–Crippen LogP) is 4.18. The number of hydrogen-bond acceptors (Lipinski definition) is 4. The van der Waals surface area contributed by atoms with Crippen LogP contribution in [0.4, 0.5) is 0 Å². The lowest BCUT2D eigenvalue weighted by Gasteiger charge is -2.00. The molecule has 0 fully saturated rings. The van der Waals surface area contributed by atoms with Crippen molar-refractivity contribution in [3.05, 3.63) is 46.7 Å². The third-order valence-electron chi connectivity index (χ3n) is 2.99. The summed E-state index contributed by atoms with van der Waals surface area (Å²) in [7, 11) is 0. The van der Waals surface area contributed by atoms with Crippen molar-refractivity contribution in [1.29, 1.82) is 0 Å². The van der Waals surface area contributed by atoms with Crippen molar-refractivity contribution >= 4 is 34.8 Å². The minimum atomic E-state index is -0.482. The first-order chi connectivity index (χ1) is 10.1. The molecule has 0 atom stereocenters. The number of aliphatic imine (C=N–C) groups is 1. The quantitative estimate of drug-likeness (QED) is 0.473. The maximum atomic E-state index is 11.8. The van der Waals surface area contributed by atoms with E-state index in [1.165, 1.54) is 0 Å². The zero-order valence-electron chi connectivity index (χ0n) is 12.0. The van der Waals surface area contributed by atoms with Crippen molar-refractivity contribution in [3.8, 4) is 0 Å².